The van der Waals surface area contributed by atoms with E-state index in [-0.39, 0.29) is 33.8 Å². The Morgan fingerprint density at radius 2 is 1.81 bits per heavy atom. The summed E-state index contributed by atoms with van der Waals surface area (Å²) >= 11 is 12.0. The van der Waals surface area contributed by atoms with Gasteiger partial charge in [-0.2, -0.15) is 5.10 Å². The number of Topliss-reactive ketones (excluding diaryl/α,β-unsaturated/α-hetero) is 1. The quantitative estimate of drug-likeness (QED) is 0.354. The predicted molar refractivity (Wildman–Crippen MR) is 139 cm³/mol. The number of aromatic nitrogens is 4. The second kappa shape index (κ2) is 10.3. The topological polar surface area (TPSA) is 118 Å². The number of halogens is 2. The Morgan fingerprint density at radius 1 is 1.06 bits per heavy atom. The smallest absolute Gasteiger partial charge is 0.184 e. The number of aromatic amines is 1. The highest BCUT2D eigenvalue weighted by atomic mass is 35.5. The summed E-state index contributed by atoms with van der Waals surface area (Å²) in [5.41, 5.74) is 2.51. The van der Waals surface area contributed by atoms with Crippen molar-refractivity contribution < 1.29 is 13.2 Å². The highest BCUT2D eigenvalue weighted by Gasteiger charge is 2.23. The lowest BCUT2D eigenvalue weighted by Crippen LogP contribution is -2.32. The zero-order valence-electron chi connectivity index (χ0n) is 19.2. The maximum Gasteiger partial charge on any atom is 0.184 e. The molecule has 0 spiro atoms. The first kappa shape index (κ1) is 24.8. The SMILES string of the molecule is O=C(Cc1[nH]nc2nc(-c3ccc(CS(=O)(=O)c4cc(Cl)ccc4Cl)cc3)ncc12)C1CCNCC1. The van der Waals surface area contributed by atoms with Crippen LogP contribution < -0.4 is 5.32 Å². The summed E-state index contributed by atoms with van der Waals surface area (Å²) in [6, 6.07) is 11.3. The summed E-state index contributed by atoms with van der Waals surface area (Å²) in [6.07, 6.45) is 3.67. The first-order chi connectivity index (χ1) is 17.3. The van der Waals surface area contributed by atoms with E-state index in [0.717, 1.165) is 37.0 Å². The minimum atomic E-state index is -3.68. The van der Waals surface area contributed by atoms with Crippen LogP contribution in [0.15, 0.2) is 53.6 Å². The van der Waals surface area contributed by atoms with Crippen molar-refractivity contribution in [3.05, 3.63) is 70.0 Å². The number of benzene rings is 2. The maximum absolute atomic E-state index is 12.8. The highest BCUT2D eigenvalue weighted by molar-refractivity contribution is 7.90. The lowest BCUT2D eigenvalue weighted by molar-refractivity contribution is -0.122. The molecule has 0 amide bonds. The summed E-state index contributed by atoms with van der Waals surface area (Å²) in [5, 5.41) is 11.7. The van der Waals surface area contributed by atoms with Crippen molar-refractivity contribution >= 4 is 49.9 Å². The second-order valence-corrected chi connectivity index (χ2v) is 11.6. The van der Waals surface area contributed by atoms with Gasteiger partial charge < -0.3 is 5.32 Å². The van der Waals surface area contributed by atoms with Crippen LogP contribution in [0.4, 0.5) is 0 Å². The monoisotopic (exact) mass is 543 g/mol. The Hall–Kier alpha value is -2.85. The summed E-state index contributed by atoms with van der Waals surface area (Å²) in [6.45, 7) is 1.73. The average molecular weight is 544 g/mol. The van der Waals surface area contributed by atoms with Crippen LogP contribution in [-0.4, -0.2) is 47.5 Å². The number of nitrogens with zero attached hydrogens (tertiary/aromatic N) is 3. The average Bonchev–Trinajstić information content (AvgIpc) is 3.28. The van der Waals surface area contributed by atoms with Crippen molar-refractivity contribution in [2.24, 2.45) is 5.92 Å². The van der Waals surface area contributed by atoms with E-state index in [1.54, 1.807) is 36.5 Å². The number of carbonyl (C=O) groups excluding carboxylic acids is 1. The van der Waals surface area contributed by atoms with Crippen LogP contribution >= 0.6 is 23.2 Å². The Balaban J connectivity index is 1.32. The molecule has 36 heavy (non-hydrogen) atoms. The van der Waals surface area contributed by atoms with Crippen LogP contribution in [0.3, 0.4) is 0 Å². The first-order valence-electron chi connectivity index (χ1n) is 11.5. The van der Waals surface area contributed by atoms with Crippen molar-refractivity contribution in [1.29, 1.82) is 0 Å². The van der Waals surface area contributed by atoms with Gasteiger partial charge in [0, 0.05) is 29.1 Å². The number of piperidine rings is 1. The van der Waals surface area contributed by atoms with Crippen LogP contribution in [0, 0.1) is 5.92 Å². The van der Waals surface area contributed by atoms with Crippen molar-refractivity contribution in [1.82, 2.24) is 25.5 Å². The van der Waals surface area contributed by atoms with E-state index in [2.05, 4.69) is 25.5 Å². The van der Waals surface area contributed by atoms with Crippen LogP contribution in [0.2, 0.25) is 10.0 Å². The summed E-state index contributed by atoms with van der Waals surface area (Å²) in [5.74, 6) is 0.511. The van der Waals surface area contributed by atoms with Gasteiger partial charge in [0.15, 0.2) is 21.3 Å². The summed E-state index contributed by atoms with van der Waals surface area (Å²) < 4.78 is 25.7. The molecule has 2 N–H and O–H groups in total. The van der Waals surface area contributed by atoms with Crippen LogP contribution in [0.1, 0.15) is 24.1 Å². The summed E-state index contributed by atoms with van der Waals surface area (Å²) in [4.78, 5) is 21.7. The van der Waals surface area contributed by atoms with Gasteiger partial charge in [-0.1, -0.05) is 47.5 Å². The number of H-pyrrole nitrogens is 1. The number of nitrogens with one attached hydrogen (secondary N) is 2. The fourth-order valence-corrected chi connectivity index (χ4v) is 6.52. The fourth-order valence-electron chi connectivity index (χ4n) is 4.35. The van der Waals surface area contributed by atoms with E-state index in [1.165, 1.54) is 12.1 Å². The van der Waals surface area contributed by atoms with Crippen LogP contribution in [0.25, 0.3) is 22.4 Å². The third-order valence-corrected chi connectivity index (χ3v) is 8.73. The van der Waals surface area contributed by atoms with E-state index in [4.69, 9.17) is 23.2 Å². The molecule has 5 rings (SSSR count). The molecule has 4 aromatic rings. The van der Waals surface area contributed by atoms with E-state index >= 15 is 0 Å². The Labute approximate surface area is 218 Å². The molecule has 2 aromatic carbocycles. The van der Waals surface area contributed by atoms with Gasteiger partial charge in [-0.05, 0) is 49.7 Å². The van der Waals surface area contributed by atoms with Crippen molar-refractivity contribution in [3.63, 3.8) is 0 Å². The number of rotatable bonds is 7. The van der Waals surface area contributed by atoms with Crippen molar-refractivity contribution in [3.8, 4) is 11.4 Å². The van der Waals surface area contributed by atoms with Crippen molar-refractivity contribution in [2.45, 2.75) is 29.9 Å². The molecule has 1 aliphatic heterocycles. The number of sulfone groups is 1. The molecule has 8 nitrogen and oxygen atoms in total. The molecular weight excluding hydrogens is 521 g/mol. The molecule has 186 valence electrons. The number of fused-ring (bicyclic) bond motifs is 1. The molecule has 0 saturated carbocycles. The van der Waals surface area contributed by atoms with Gasteiger partial charge in [0.1, 0.15) is 5.78 Å². The second-order valence-electron chi connectivity index (χ2n) is 8.83. The lowest BCUT2D eigenvalue weighted by atomic mass is 9.91. The normalized spacial score (nSPS) is 14.8. The molecule has 1 aliphatic rings. The summed E-state index contributed by atoms with van der Waals surface area (Å²) in [7, 11) is -3.68. The largest absolute Gasteiger partial charge is 0.317 e. The zero-order valence-corrected chi connectivity index (χ0v) is 21.5. The minimum absolute atomic E-state index is 0.00231. The Bertz CT molecular complexity index is 1530. The molecular formula is C25H23Cl2N5O3S. The van der Waals surface area contributed by atoms with E-state index in [1.807, 2.05) is 0 Å². The highest BCUT2D eigenvalue weighted by Crippen LogP contribution is 2.28. The van der Waals surface area contributed by atoms with Gasteiger partial charge in [-0.25, -0.2) is 18.4 Å². The molecule has 0 unspecified atom stereocenters. The predicted octanol–water partition coefficient (Wildman–Crippen LogP) is 4.41. The number of carbonyl (C=O) groups is 1. The number of hydrogen-bond acceptors (Lipinski definition) is 7. The molecule has 2 aromatic heterocycles. The third kappa shape index (κ3) is 5.29. The third-order valence-electron chi connectivity index (χ3n) is 6.33. The first-order valence-corrected chi connectivity index (χ1v) is 13.9. The molecule has 0 atom stereocenters. The number of hydrogen-bond donors (Lipinski definition) is 2. The van der Waals surface area contributed by atoms with Gasteiger partial charge in [0.05, 0.1) is 26.8 Å². The maximum atomic E-state index is 12.8. The molecule has 11 heteroatoms. The molecule has 0 bridgehead atoms. The van der Waals surface area contributed by atoms with Crippen LogP contribution in [-0.2, 0) is 26.8 Å². The number of ketones is 1. The standard InChI is InChI=1S/C25H23Cl2N5O3S/c26-18-5-6-20(27)23(11-18)36(34,35)14-15-1-3-17(4-2-15)24-29-13-19-21(31-32-25(19)30-24)12-22(33)16-7-9-28-10-8-16/h1-6,11,13,16,28H,7-10,12,14H2,(H,29,30,31,32). The molecule has 0 aliphatic carbocycles. The van der Waals surface area contributed by atoms with E-state index in [0.29, 0.717) is 27.6 Å². The molecule has 1 fully saturated rings. The van der Waals surface area contributed by atoms with Gasteiger partial charge in [-0.15, -0.1) is 0 Å². The van der Waals surface area contributed by atoms with Gasteiger partial charge in [0.2, 0.25) is 0 Å². The molecule has 3 heterocycles. The van der Waals surface area contributed by atoms with Crippen LogP contribution in [0.5, 0.6) is 0 Å². The van der Waals surface area contributed by atoms with E-state index < -0.39 is 9.84 Å². The Morgan fingerprint density at radius 3 is 2.56 bits per heavy atom. The zero-order chi connectivity index (χ0) is 25.3. The van der Waals surface area contributed by atoms with Gasteiger partial charge in [0.25, 0.3) is 0 Å². The Kier molecular flexibility index (Phi) is 7.07. The fraction of sp³-hybridized carbons (Fsp3) is 0.280. The minimum Gasteiger partial charge on any atom is -0.317 e. The molecule has 0 radical (unpaired) electrons. The van der Waals surface area contributed by atoms with Gasteiger partial charge >= 0.3 is 0 Å². The lowest BCUT2D eigenvalue weighted by Gasteiger charge is -2.21. The molecule has 1 saturated heterocycles. The van der Waals surface area contributed by atoms with Crippen molar-refractivity contribution in [2.75, 3.05) is 13.1 Å². The van der Waals surface area contributed by atoms with E-state index in [9.17, 15) is 13.2 Å². The van der Waals surface area contributed by atoms with Gasteiger partial charge in [-0.3, -0.25) is 9.89 Å².